The van der Waals surface area contributed by atoms with Gasteiger partial charge in [0.1, 0.15) is 0 Å². The highest BCUT2D eigenvalue weighted by Crippen LogP contribution is 2.28. The molecule has 2 aromatic rings. The number of halogens is 1. The van der Waals surface area contributed by atoms with Crippen LogP contribution in [-0.4, -0.2) is 24.1 Å². The maximum atomic E-state index is 12.3. The number of hydrazone groups is 1. The number of benzene rings is 2. The van der Waals surface area contributed by atoms with Gasteiger partial charge in [0.15, 0.2) is 0 Å². The fourth-order valence-corrected chi connectivity index (χ4v) is 2.52. The first-order chi connectivity index (χ1) is 12.1. The van der Waals surface area contributed by atoms with Gasteiger partial charge in [-0.2, -0.15) is 5.10 Å². The highest BCUT2D eigenvalue weighted by Gasteiger charge is 2.29. The first kappa shape index (κ1) is 17.2. The van der Waals surface area contributed by atoms with Gasteiger partial charge in [-0.05, 0) is 30.5 Å². The Balaban J connectivity index is 1.71. The molecule has 3 rings (SSSR count). The molecule has 0 spiro atoms. The van der Waals surface area contributed by atoms with E-state index in [1.807, 2.05) is 30.3 Å². The second kappa shape index (κ2) is 7.94. The highest BCUT2D eigenvalue weighted by molar-refractivity contribution is 6.33. The van der Waals surface area contributed by atoms with Crippen molar-refractivity contribution in [2.45, 2.75) is 12.8 Å². The molecule has 0 unspecified atom stereocenters. The van der Waals surface area contributed by atoms with Crippen molar-refractivity contribution in [1.29, 1.82) is 0 Å². The van der Waals surface area contributed by atoms with E-state index < -0.39 is 0 Å². The lowest BCUT2D eigenvalue weighted by Gasteiger charge is -2.10. The summed E-state index contributed by atoms with van der Waals surface area (Å²) in [4.78, 5) is 24.1. The summed E-state index contributed by atoms with van der Waals surface area (Å²) in [6.45, 7) is 0.180. The molecule has 128 valence electrons. The van der Waals surface area contributed by atoms with E-state index in [1.54, 1.807) is 24.3 Å². The topological polar surface area (TPSA) is 70.6 Å². The molecule has 2 N–H and O–H groups in total. The normalized spacial score (nSPS) is 14.0. The van der Waals surface area contributed by atoms with Crippen LogP contribution in [0.4, 0.5) is 0 Å². The van der Waals surface area contributed by atoms with Crippen LogP contribution >= 0.6 is 11.6 Å². The molecular formula is C19H18ClN3O2. The van der Waals surface area contributed by atoms with Crippen LogP contribution in [0.3, 0.4) is 0 Å². The van der Waals surface area contributed by atoms with Gasteiger partial charge < -0.3 is 5.32 Å². The highest BCUT2D eigenvalue weighted by atomic mass is 35.5. The van der Waals surface area contributed by atoms with Crippen LogP contribution in [0.1, 0.15) is 28.8 Å². The zero-order valence-electron chi connectivity index (χ0n) is 13.5. The standard InChI is InChI=1S/C19H18ClN3O2/c20-16-9-5-4-8-15(16)19(25)21-12-17(13-6-2-1-3-7-13)22-23-18(24)14-10-11-14/h1-9,14H,10-12H2,(H,21,25)(H,23,24)/b22-17+. The Morgan fingerprint density at radius 3 is 2.40 bits per heavy atom. The van der Waals surface area contributed by atoms with Crippen LogP contribution < -0.4 is 10.7 Å². The molecule has 0 saturated heterocycles. The van der Waals surface area contributed by atoms with Crippen LogP contribution in [0.25, 0.3) is 0 Å². The third kappa shape index (κ3) is 4.67. The Morgan fingerprint density at radius 2 is 1.72 bits per heavy atom. The van der Waals surface area contributed by atoms with E-state index in [9.17, 15) is 9.59 Å². The van der Waals surface area contributed by atoms with Crippen LogP contribution in [0, 0.1) is 5.92 Å². The van der Waals surface area contributed by atoms with Crippen LogP contribution in [0.15, 0.2) is 59.7 Å². The van der Waals surface area contributed by atoms with E-state index in [0.717, 1.165) is 18.4 Å². The van der Waals surface area contributed by atoms with Gasteiger partial charge in [0.2, 0.25) is 5.91 Å². The summed E-state index contributed by atoms with van der Waals surface area (Å²) in [6, 6.07) is 16.3. The molecule has 1 saturated carbocycles. The smallest absolute Gasteiger partial charge is 0.253 e. The molecule has 25 heavy (non-hydrogen) atoms. The Labute approximate surface area is 151 Å². The molecule has 6 heteroatoms. The lowest BCUT2D eigenvalue weighted by molar-refractivity contribution is -0.122. The Kier molecular flexibility index (Phi) is 5.46. The monoisotopic (exact) mass is 355 g/mol. The zero-order valence-corrected chi connectivity index (χ0v) is 14.3. The molecule has 0 aliphatic heterocycles. The van der Waals surface area contributed by atoms with Gasteiger partial charge in [0, 0.05) is 5.92 Å². The molecule has 0 atom stereocenters. The van der Waals surface area contributed by atoms with Gasteiger partial charge in [-0.25, -0.2) is 5.43 Å². The molecule has 1 aliphatic rings. The van der Waals surface area contributed by atoms with Gasteiger partial charge in [-0.1, -0.05) is 54.1 Å². The lowest BCUT2D eigenvalue weighted by atomic mass is 10.1. The minimum absolute atomic E-state index is 0.0680. The van der Waals surface area contributed by atoms with E-state index in [-0.39, 0.29) is 24.3 Å². The molecular weight excluding hydrogens is 338 g/mol. The maximum Gasteiger partial charge on any atom is 0.253 e. The number of nitrogens with zero attached hydrogens (tertiary/aromatic N) is 1. The van der Waals surface area contributed by atoms with Gasteiger partial charge in [-0.3, -0.25) is 9.59 Å². The van der Waals surface area contributed by atoms with E-state index >= 15 is 0 Å². The van der Waals surface area contributed by atoms with Crippen molar-refractivity contribution in [3.8, 4) is 0 Å². The average molecular weight is 356 g/mol. The quantitative estimate of drug-likeness (QED) is 0.617. The fourth-order valence-electron chi connectivity index (χ4n) is 2.30. The fraction of sp³-hybridized carbons (Fsp3) is 0.211. The third-order valence-corrected chi connectivity index (χ3v) is 4.22. The van der Waals surface area contributed by atoms with Gasteiger partial charge in [0.05, 0.1) is 22.8 Å². The third-order valence-electron chi connectivity index (χ3n) is 3.89. The van der Waals surface area contributed by atoms with E-state index in [1.165, 1.54) is 0 Å². The van der Waals surface area contributed by atoms with Crippen molar-refractivity contribution in [1.82, 2.24) is 10.7 Å². The summed E-state index contributed by atoms with van der Waals surface area (Å²) in [6.07, 6.45) is 1.82. The van der Waals surface area contributed by atoms with Crippen molar-refractivity contribution in [2.24, 2.45) is 11.0 Å². The van der Waals surface area contributed by atoms with E-state index in [0.29, 0.717) is 16.3 Å². The number of amides is 2. The first-order valence-corrected chi connectivity index (χ1v) is 8.47. The van der Waals surface area contributed by atoms with Crippen molar-refractivity contribution in [3.63, 3.8) is 0 Å². The molecule has 0 radical (unpaired) electrons. The van der Waals surface area contributed by atoms with Crippen molar-refractivity contribution in [3.05, 3.63) is 70.7 Å². The Hall–Kier alpha value is -2.66. The SMILES string of the molecule is O=C(NC/C(=N\NC(=O)C1CC1)c1ccccc1)c1ccccc1Cl. The molecule has 0 heterocycles. The predicted octanol–water partition coefficient (Wildman–Crippen LogP) is 3.00. The zero-order chi connectivity index (χ0) is 17.6. The predicted molar refractivity (Wildman–Crippen MR) is 97.6 cm³/mol. The van der Waals surface area contributed by atoms with Crippen molar-refractivity contribution < 1.29 is 9.59 Å². The summed E-state index contributed by atoms with van der Waals surface area (Å²) in [5.41, 5.74) is 4.40. The van der Waals surface area contributed by atoms with Crippen LogP contribution in [-0.2, 0) is 4.79 Å². The second-order valence-electron chi connectivity index (χ2n) is 5.84. The summed E-state index contributed by atoms with van der Waals surface area (Å²) in [5, 5.41) is 7.40. The minimum Gasteiger partial charge on any atom is -0.346 e. The summed E-state index contributed by atoms with van der Waals surface area (Å²) >= 11 is 6.05. The van der Waals surface area contributed by atoms with Crippen molar-refractivity contribution in [2.75, 3.05) is 6.54 Å². The lowest BCUT2D eigenvalue weighted by Crippen LogP contribution is -2.32. The molecule has 2 amide bonds. The molecule has 1 aliphatic carbocycles. The number of hydrogen-bond donors (Lipinski definition) is 2. The Bertz CT molecular complexity index is 801. The molecule has 5 nitrogen and oxygen atoms in total. The molecule has 2 aromatic carbocycles. The van der Waals surface area contributed by atoms with Crippen LogP contribution in [0.2, 0.25) is 5.02 Å². The molecule has 1 fully saturated rings. The maximum absolute atomic E-state index is 12.3. The second-order valence-corrected chi connectivity index (χ2v) is 6.24. The number of carbonyl (C=O) groups excluding carboxylic acids is 2. The summed E-state index contributed by atoms with van der Waals surface area (Å²) < 4.78 is 0. The Morgan fingerprint density at radius 1 is 1.04 bits per heavy atom. The molecule has 0 bridgehead atoms. The van der Waals surface area contributed by atoms with Crippen LogP contribution in [0.5, 0.6) is 0 Å². The van der Waals surface area contributed by atoms with Gasteiger partial charge >= 0.3 is 0 Å². The summed E-state index contributed by atoms with van der Waals surface area (Å²) in [7, 11) is 0. The van der Waals surface area contributed by atoms with Gasteiger partial charge in [0.25, 0.3) is 5.91 Å². The minimum atomic E-state index is -0.289. The number of carbonyl (C=O) groups is 2. The van der Waals surface area contributed by atoms with Crippen molar-refractivity contribution >= 4 is 29.1 Å². The number of nitrogens with one attached hydrogen (secondary N) is 2. The number of rotatable bonds is 6. The average Bonchev–Trinajstić information content (AvgIpc) is 3.47. The largest absolute Gasteiger partial charge is 0.346 e. The van der Waals surface area contributed by atoms with E-state index in [2.05, 4.69) is 15.8 Å². The van der Waals surface area contributed by atoms with Gasteiger partial charge in [-0.15, -0.1) is 0 Å². The molecule has 0 aromatic heterocycles. The summed E-state index contributed by atoms with van der Waals surface area (Å²) in [5.74, 6) is -0.299. The number of hydrogen-bond acceptors (Lipinski definition) is 3. The van der Waals surface area contributed by atoms with E-state index in [4.69, 9.17) is 11.6 Å². The first-order valence-electron chi connectivity index (χ1n) is 8.09.